The number of benzene rings is 2. The summed E-state index contributed by atoms with van der Waals surface area (Å²) in [6, 6.07) is 10.3. The number of nitrogens with zero attached hydrogens (tertiary/aromatic N) is 1. The number of esters is 1. The molecule has 0 aliphatic heterocycles. The monoisotopic (exact) mass is 446 g/mol. The first-order chi connectivity index (χ1) is 14.2. The largest absolute Gasteiger partial charge is 0.479 e. The quantitative estimate of drug-likeness (QED) is 0.363. The lowest BCUT2D eigenvalue weighted by molar-refractivity contribution is -0.145. The first-order valence-corrected chi connectivity index (χ1v) is 9.78. The molecule has 1 N–H and O–H groups in total. The molecule has 2 aromatic rings. The molecule has 0 aliphatic carbocycles. The van der Waals surface area contributed by atoms with Crippen LogP contribution in [0.25, 0.3) is 6.08 Å². The fraction of sp³-hybridized carbons (Fsp3) is 0.227. The molecule has 1 amide bonds. The van der Waals surface area contributed by atoms with E-state index in [1.165, 1.54) is 18.2 Å². The maximum Gasteiger partial charge on any atom is 0.344 e. The molecule has 0 saturated heterocycles. The summed E-state index contributed by atoms with van der Waals surface area (Å²) in [5.41, 5.74) is 3.01. The first kappa shape index (κ1) is 23.3. The van der Waals surface area contributed by atoms with E-state index in [1.54, 1.807) is 13.0 Å². The van der Waals surface area contributed by atoms with Crippen LogP contribution >= 0.6 is 23.2 Å². The summed E-state index contributed by atoms with van der Waals surface area (Å²) >= 11 is 12.4. The molecule has 156 valence electrons. The van der Waals surface area contributed by atoms with Crippen LogP contribution in [0.4, 0.5) is 5.69 Å². The average molecular weight is 447 g/mol. The number of carbonyl (C=O) groups excluding carboxylic acids is 2. The number of amides is 1. The van der Waals surface area contributed by atoms with Gasteiger partial charge in [0.2, 0.25) is 0 Å². The van der Waals surface area contributed by atoms with E-state index in [4.69, 9.17) is 32.7 Å². The number of rotatable bonds is 7. The molecule has 0 unspecified atom stereocenters. The number of nitriles is 1. The van der Waals surface area contributed by atoms with Crippen LogP contribution in [0.1, 0.15) is 23.6 Å². The van der Waals surface area contributed by atoms with Crippen molar-refractivity contribution in [3.63, 3.8) is 0 Å². The minimum Gasteiger partial charge on any atom is -0.479 e. The fourth-order valence-corrected chi connectivity index (χ4v) is 3.08. The topological polar surface area (TPSA) is 88.4 Å². The van der Waals surface area contributed by atoms with Crippen LogP contribution in [0.15, 0.2) is 35.9 Å². The predicted molar refractivity (Wildman–Crippen MR) is 117 cm³/mol. The summed E-state index contributed by atoms with van der Waals surface area (Å²) in [5.74, 6) is -0.999. The number of halogens is 2. The zero-order valence-electron chi connectivity index (χ0n) is 16.7. The Bertz CT molecular complexity index is 1020. The number of nitrogens with one attached hydrogen (secondary N) is 1. The van der Waals surface area contributed by atoms with Gasteiger partial charge in [0.25, 0.3) is 5.91 Å². The van der Waals surface area contributed by atoms with Crippen molar-refractivity contribution >= 4 is 46.8 Å². The molecule has 2 rings (SSSR count). The Morgan fingerprint density at radius 2 is 1.80 bits per heavy atom. The van der Waals surface area contributed by atoms with Gasteiger partial charge in [-0.3, -0.25) is 4.79 Å². The second-order valence-electron chi connectivity index (χ2n) is 6.33. The van der Waals surface area contributed by atoms with Crippen molar-refractivity contribution in [3.8, 4) is 11.8 Å². The van der Waals surface area contributed by atoms with E-state index in [2.05, 4.69) is 5.32 Å². The lowest BCUT2D eigenvalue weighted by Gasteiger charge is -2.11. The van der Waals surface area contributed by atoms with Crippen molar-refractivity contribution in [3.05, 3.63) is 62.6 Å². The van der Waals surface area contributed by atoms with Crippen LogP contribution in [0.5, 0.6) is 5.75 Å². The smallest absolute Gasteiger partial charge is 0.344 e. The van der Waals surface area contributed by atoms with Gasteiger partial charge in [-0.05, 0) is 67.8 Å². The van der Waals surface area contributed by atoms with Crippen LogP contribution < -0.4 is 10.1 Å². The number of hydrogen-bond donors (Lipinski definition) is 1. The van der Waals surface area contributed by atoms with Crippen molar-refractivity contribution in [1.82, 2.24) is 0 Å². The summed E-state index contributed by atoms with van der Waals surface area (Å²) in [4.78, 5) is 23.9. The van der Waals surface area contributed by atoms with E-state index in [0.29, 0.717) is 11.3 Å². The highest BCUT2D eigenvalue weighted by atomic mass is 35.5. The van der Waals surface area contributed by atoms with Gasteiger partial charge in [-0.25, -0.2) is 4.79 Å². The van der Waals surface area contributed by atoms with Crippen LogP contribution in [-0.4, -0.2) is 25.1 Å². The SMILES string of the molecule is CCOC(=O)COc1c(Cl)cc(/C=C(\C#N)C(=O)Nc2ccc(C)c(C)c2)cc1Cl. The third-order valence-corrected chi connectivity index (χ3v) is 4.66. The van der Waals surface area contributed by atoms with Gasteiger partial charge in [0, 0.05) is 5.69 Å². The normalized spacial score (nSPS) is 10.9. The molecule has 0 radical (unpaired) electrons. The third-order valence-electron chi connectivity index (χ3n) is 4.10. The Labute approximate surface area is 185 Å². The van der Waals surface area contributed by atoms with Crippen LogP contribution in [0.2, 0.25) is 10.0 Å². The van der Waals surface area contributed by atoms with Gasteiger partial charge in [0.1, 0.15) is 11.6 Å². The second kappa shape index (κ2) is 10.7. The highest BCUT2D eigenvalue weighted by Crippen LogP contribution is 2.35. The van der Waals surface area contributed by atoms with Crippen molar-refractivity contribution in [1.29, 1.82) is 5.26 Å². The number of hydrogen-bond acceptors (Lipinski definition) is 5. The molecule has 0 bridgehead atoms. The van der Waals surface area contributed by atoms with Crippen molar-refractivity contribution in [2.45, 2.75) is 20.8 Å². The molecule has 0 aliphatic rings. The summed E-state index contributed by atoms with van der Waals surface area (Å²) in [6.07, 6.45) is 1.36. The summed E-state index contributed by atoms with van der Waals surface area (Å²) in [5, 5.41) is 12.4. The number of ether oxygens (including phenoxy) is 2. The predicted octanol–water partition coefficient (Wildman–Crippen LogP) is 5.10. The maximum absolute atomic E-state index is 12.5. The van der Waals surface area contributed by atoms with Crippen LogP contribution in [0, 0.1) is 25.2 Å². The van der Waals surface area contributed by atoms with E-state index >= 15 is 0 Å². The summed E-state index contributed by atoms with van der Waals surface area (Å²) in [7, 11) is 0. The molecule has 30 heavy (non-hydrogen) atoms. The van der Waals surface area contributed by atoms with Gasteiger partial charge in [-0.2, -0.15) is 5.26 Å². The zero-order valence-corrected chi connectivity index (χ0v) is 18.2. The van der Waals surface area contributed by atoms with E-state index in [1.807, 2.05) is 32.0 Å². The molecule has 6 nitrogen and oxygen atoms in total. The van der Waals surface area contributed by atoms with E-state index < -0.39 is 11.9 Å². The number of anilines is 1. The Hall–Kier alpha value is -3.01. The van der Waals surface area contributed by atoms with Crippen LogP contribution in [0.3, 0.4) is 0 Å². The van der Waals surface area contributed by atoms with E-state index in [0.717, 1.165) is 11.1 Å². The Kier molecular flexibility index (Phi) is 8.28. The molecule has 2 aromatic carbocycles. The van der Waals surface area contributed by atoms with Gasteiger partial charge in [0.05, 0.1) is 16.7 Å². The molecule has 0 heterocycles. The Morgan fingerprint density at radius 3 is 2.37 bits per heavy atom. The van der Waals surface area contributed by atoms with Crippen molar-refractivity contribution < 1.29 is 19.1 Å². The number of aryl methyl sites for hydroxylation is 2. The van der Waals surface area contributed by atoms with Gasteiger partial charge < -0.3 is 14.8 Å². The van der Waals surface area contributed by atoms with Gasteiger partial charge >= 0.3 is 5.97 Å². The standard InChI is InChI=1S/C22H20Cl2N2O4/c1-4-29-20(27)12-30-21-18(23)9-15(10-19(21)24)8-16(11-25)22(28)26-17-6-5-13(2)14(3)7-17/h5-10H,4,12H2,1-3H3,(H,26,28)/b16-8+. The Morgan fingerprint density at radius 1 is 1.13 bits per heavy atom. The number of carbonyl (C=O) groups is 2. The fourth-order valence-electron chi connectivity index (χ4n) is 2.47. The molecular formula is C22H20Cl2N2O4. The molecular weight excluding hydrogens is 427 g/mol. The maximum atomic E-state index is 12.5. The highest BCUT2D eigenvalue weighted by Gasteiger charge is 2.14. The minimum absolute atomic E-state index is 0.113. The van der Waals surface area contributed by atoms with Crippen LogP contribution in [-0.2, 0) is 14.3 Å². The highest BCUT2D eigenvalue weighted by molar-refractivity contribution is 6.37. The summed E-state index contributed by atoms with van der Waals surface area (Å²) in [6.45, 7) is 5.47. The third kappa shape index (κ3) is 6.24. The van der Waals surface area contributed by atoms with Gasteiger partial charge in [0.15, 0.2) is 12.4 Å². The molecule has 8 heteroatoms. The molecule has 0 saturated carbocycles. The second-order valence-corrected chi connectivity index (χ2v) is 7.14. The van der Waals surface area contributed by atoms with Crippen molar-refractivity contribution in [2.24, 2.45) is 0 Å². The summed E-state index contributed by atoms with van der Waals surface area (Å²) < 4.78 is 10.1. The average Bonchev–Trinajstić information content (AvgIpc) is 2.68. The van der Waals surface area contributed by atoms with Gasteiger partial charge in [-0.15, -0.1) is 0 Å². The van der Waals surface area contributed by atoms with Crippen molar-refractivity contribution in [2.75, 3.05) is 18.5 Å². The lowest BCUT2D eigenvalue weighted by atomic mass is 10.1. The Balaban J connectivity index is 2.20. The molecule has 0 spiro atoms. The lowest BCUT2D eigenvalue weighted by Crippen LogP contribution is -2.15. The van der Waals surface area contributed by atoms with Gasteiger partial charge in [-0.1, -0.05) is 29.3 Å². The molecule has 0 atom stereocenters. The first-order valence-electron chi connectivity index (χ1n) is 9.03. The van der Waals surface area contributed by atoms with E-state index in [-0.39, 0.29) is 34.6 Å². The molecule has 0 aromatic heterocycles. The minimum atomic E-state index is -0.560. The zero-order chi connectivity index (χ0) is 22.3. The molecule has 0 fully saturated rings. The van der Waals surface area contributed by atoms with E-state index in [9.17, 15) is 14.9 Å².